The fourth-order valence-corrected chi connectivity index (χ4v) is 3.04. The zero-order valence-corrected chi connectivity index (χ0v) is 8.66. The molecule has 0 radical (unpaired) electrons. The molecule has 1 aromatic rings. The van der Waals surface area contributed by atoms with E-state index in [1.54, 1.807) is 5.56 Å². The fourth-order valence-electron chi connectivity index (χ4n) is 3.04. The average Bonchev–Trinajstić information content (AvgIpc) is 2.93. The van der Waals surface area contributed by atoms with Crippen LogP contribution < -0.4 is 0 Å². The first-order valence-corrected chi connectivity index (χ1v) is 5.72. The predicted molar refractivity (Wildman–Crippen MR) is 58.3 cm³/mol. The molecule has 14 heavy (non-hydrogen) atoms. The number of fused-ring (bicyclic) bond motifs is 2. The van der Waals surface area contributed by atoms with E-state index in [4.69, 9.17) is 0 Å². The van der Waals surface area contributed by atoms with Crippen LogP contribution >= 0.6 is 0 Å². The minimum absolute atomic E-state index is 0.807. The normalized spacial score (nSPS) is 34.2. The quantitative estimate of drug-likeness (QED) is 0.684. The number of aromatic nitrogens is 1. The van der Waals surface area contributed by atoms with Gasteiger partial charge in [0.1, 0.15) is 0 Å². The minimum atomic E-state index is 0.807. The standard InChI is InChI=1S/C13H17N/c1-2-12-7-11(8-14-12)13-6-9-3-4-10(13)5-9/h3-4,7-10,13-14H,2,5-6H2,1H3. The Labute approximate surface area is 85.2 Å². The predicted octanol–water partition coefficient (Wildman–Crippen LogP) is 3.26. The summed E-state index contributed by atoms with van der Waals surface area (Å²) in [6.45, 7) is 2.20. The van der Waals surface area contributed by atoms with E-state index < -0.39 is 0 Å². The number of aromatic amines is 1. The van der Waals surface area contributed by atoms with Crippen LogP contribution in [0.25, 0.3) is 0 Å². The van der Waals surface area contributed by atoms with Gasteiger partial charge >= 0.3 is 0 Å². The Hall–Kier alpha value is -0.980. The summed E-state index contributed by atoms with van der Waals surface area (Å²) in [6.07, 6.45) is 11.0. The van der Waals surface area contributed by atoms with Crippen molar-refractivity contribution in [3.8, 4) is 0 Å². The maximum atomic E-state index is 3.37. The van der Waals surface area contributed by atoms with Crippen molar-refractivity contribution in [3.05, 3.63) is 35.7 Å². The second-order valence-corrected chi connectivity index (χ2v) is 4.70. The summed E-state index contributed by atoms with van der Waals surface area (Å²) in [5.74, 6) is 2.52. The number of allylic oxidation sites excluding steroid dienone is 2. The maximum Gasteiger partial charge on any atom is 0.0147 e. The lowest BCUT2D eigenvalue weighted by Crippen LogP contribution is -2.03. The summed E-state index contributed by atoms with van der Waals surface area (Å²) in [4.78, 5) is 3.37. The Bertz CT molecular complexity index is 361. The zero-order chi connectivity index (χ0) is 9.54. The van der Waals surface area contributed by atoms with Gasteiger partial charge in [0.05, 0.1) is 0 Å². The van der Waals surface area contributed by atoms with Gasteiger partial charge in [-0.15, -0.1) is 0 Å². The van der Waals surface area contributed by atoms with Crippen LogP contribution in [-0.2, 0) is 6.42 Å². The molecule has 0 aromatic carbocycles. The molecule has 1 nitrogen and oxygen atoms in total. The maximum absolute atomic E-state index is 3.37. The molecular formula is C13H17N. The number of hydrogen-bond donors (Lipinski definition) is 1. The number of H-pyrrole nitrogens is 1. The highest BCUT2D eigenvalue weighted by Crippen LogP contribution is 2.48. The molecule has 3 unspecified atom stereocenters. The van der Waals surface area contributed by atoms with E-state index in [0.29, 0.717) is 0 Å². The third kappa shape index (κ3) is 1.15. The van der Waals surface area contributed by atoms with Gasteiger partial charge in [-0.2, -0.15) is 0 Å². The number of aryl methyl sites for hydroxylation is 1. The Morgan fingerprint density at radius 3 is 2.86 bits per heavy atom. The lowest BCUT2D eigenvalue weighted by atomic mass is 9.88. The third-order valence-electron chi connectivity index (χ3n) is 3.85. The third-order valence-corrected chi connectivity index (χ3v) is 3.85. The van der Waals surface area contributed by atoms with Gasteiger partial charge in [0, 0.05) is 11.9 Å². The number of nitrogens with one attached hydrogen (secondary N) is 1. The second kappa shape index (κ2) is 3.01. The molecule has 2 aliphatic rings. The Balaban J connectivity index is 1.86. The van der Waals surface area contributed by atoms with E-state index in [2.05, 4.69) is 36.3 Å². The van der Waals surface area contributed by atoms with Crippen molar-refractivity contribution >= 4 is 0 Å². The molecule has 1 heterocycles. The van der Waals surface area contributed by atoms with Crippen molar-refractivity contribution in [1.29, 1.82) is 0 Å². The second-order valence-electron chi connectivity index (χ2n) is 4.70. The molecule has 74 valence electrons. The minimum Gasteiger partial charge on any atom is -0.365 e. The van der Waals surface area contributed by atoms with Crippen LogP contribution in [0.4, 0.5) is 0 Å². The van der Waals surface area contributed by atoms with Crippen LogP contribution in [-0.4, -0.2) is 4.98 Å². The lowest BCUT2D eigenvalue weighted by Gasteiger charge is -2.16. The lowest BCUT2D eigenvalue weighted by molar-refractivity contribution is 0.586. The van der Waals surface area contributed by atoms with E-state index in [9.17, 15) is 0 Å². The van der Waals surface area contributed by atoms with E-state index in [1.165, 1.54) is 18.5 Å². The molecule has 0 aliphatic heterocycles. The number of hydrogen-bond acceptors (Lipinski definition) is 0. The molecule has 0 saturated heterocycles. The Morgan fingerprint density at radius 1 is 1.36 bits per heavy atom. The molecule has 2 aliphatic carbocycles. The van der Waals surface area contributed by atoms with Gasteiger partial charge in [0.15, 0.2) is 0 Å². The highest BCUT2D eigenvalue weighted by atomic mass is 14.7. The number of rotatable bonds is 2. The molecule has 2 bridgehead atoms. The van der Waals surface area contributed by atoms with Gasteiger partial charge in [0.25, 0.3) is 0 Å². The molecule has 3 atom stereocenters. The monoisotopic (exact) mass is 187 g/mol. The molecule has 1 fully saturated rings. The van der Waals surface area contributed by atoms with Gasteiger partial charge in [-0.3, -0.25) is 0 Å². The average molecular weight is 187 g/mol. The molecule has 1 N–H and O–H groups in total. The van der Waals surface area contributed by atoms with Gasteiger partial charge in [-0.1, -0.05) is 19.1 Å². The molecule has 0 spiro atoms. The summed E-state index contributed by atoms with van der Waals surface area (Å²) in [7, 11) is 0. The van der Waals surface area contributed by atoms with E-state index >= 15 is 0 Å². The van der Waals surface area contributed by atoms with Gasteiger partial charge in [-0.05, 0) is 48.6 Å². The van der Waals surface area contributed by atoms with Crippen LogP contribution in [0.1, 0.15) is 36.9 Å². The van der Waals surface area contributed by atoms with Crippen LogP contribution in [0, 0.1) is 11.8 Å². The summed E-state index contributed by atoms with van der Waals surface area (Å²) < 4.78 is 0. The first-order chi connectivity index (χ1) is 6.86. The van der Waals surface area contributed by atoms with E-state index in [1.807, 2.05) is 0 Å². The van der Waals surface area contributed by atoms with Gasteiger partial charge in [0.2, 0.25) is 0 Å². The summed E-state index contributed by atoms with van der Waals surface area (Å²) in [5.41, 5.74) is 2.92. The van der Waals surface area contributed by atoms with E-state index in [0.717, 1.165) is 24.2 Å². The molecule has 3 rings (SSSR count). The van der Waals surface area contributed by atoms with E-state index in [-0.39, 0.29) is 0 Å². The summed E-state index contributed by atoms with van der Waals surface area (Å²) >= 11 is 0. The highest BCUT2D eigenvalue weighted by Gasteiger charge is 2.36. The molecule has 1 saturated carbocycles. The zero-order valence-electron chi connectivity index (χ0n) is 8.66. The fraction of sp³-hybridized carbons (Fsp3) is 0.538. The van der Waals surface area contributed by atoms with Crippen LogP contribution in [0.5, 0.6) is 0 Å². The molecule has 1 heteroatoms. The first-order valence-electron chi connectivity index (χ1n) is 5.72. The van der Waals surface area contributed by atoms with Crippen molar-refractivity contribution in [3.63, 3.8) is 0 Å². The Morgan fingerprint density at radius 2 is 2.29 bits per heavy atom. The van der Waals surface area contributed by atoms with Crippen LogP contribution in [0.15, 0.2) is 24.4 Å². The smallest absolute Gasteiger partial charge is 0.0147 e. The van der Waals surface area contributed by atoms with Crippen molar-refractivity contribution in [2.24, 2.45) is 11.8 Å². The van der Waals surface area contributed by atoms with Gasteiger partial charge < -0.3 is 4.98 Å². The van der Waals surface area contributed by atoms with Crippen molar-refractivity contribution in [2.45, 2.75) is 32.1 Å². The molecule has 0 amide bonds. The topological polar surface area (TPSA) is 15.8 Å². The van der Waals surface area contributed by atoms with Crippen molar-refractivity contribution in [1.82, 2.24) is 4.98 Å². The van der Waals surface area contributed by atoms with Gasteiger partial charge in [-0.25, -0.2) is 0 Å². The van der Waals surface area contributed by atoms with Crippen LogP contribution in [0.2, 0.25) is 0 Å². The molecule has 1 aromatic heterocycles. The Kier molecular flexibility index (Phi) is 1.79. The first kappa shape index (κ1) is 8.34. The largest absolute Gasteiger partial charge is 0.365 e. The SMILES string of the molecule is CCc1cc(C2CC3C=CC2C3)c[nH]1. The van der Waals surface area contributed by atoms with Crippen LogP contribution in [0.3, 0.4) is 0 Å². The summed E-state index contributed by atoms with van der Waals surface area (Å²) in [5, 5.41) is 0. The summed E-state index contributed by atoms with van der Waals surface area (Å²) in [6, 6.07) is 2.36. The van der Waals surface area contributed by atoms with Crippen molar-refractivity contribution in [2.75, 3.05) is 0 Å². The molecular weight excluding hydrogens is 170 g/mol. The van der Waals surface area contributed by atoms with Crippen molar-refractivity contribution < 1.29 is 0 Å². The highest BCUT2D eigenvalue weighted by molar-refractivity contribution is 5.28.